The Hall–Kier alpha value is -0.990. The maximum atomic E-state index is 11.5. The Kier molecular flexibility index (Phi) is 3.55. The van der Waals surface area contributed by atoms with E-state index in [9.17, 15) is 14.4 Å². The van der Waals surface area contributed by atoms with Crippen LogP contribution in [0.4, 0.5) is 0 Å². The van der Waals surface area contributed by atoms with Crippen molar-refractivity contribution >= 4 is 17.3 Å². The van der Waals surface area contributed by atoms with E-state index in [4.69, 9.17) is 0 Å². The van der Waals surface area contributed by atoms with Crippen molar-refractivity contribution in [2.45, 2.75) is 39.5 Å². The topological polar surface area (TPSA) is 51.2 Å². The van der Waals surface area contributed by atoms with Gasteiger partial charge in [-0.05, 0) is 19.3 Å². The van der Waals surface area contributed by atoms with Crippen molar-refractivity contribution in [3.8, 4) is 0 Å². The molecule has 0 heterocycles. The fraction of sp³-hybridized carbons (Fsp3) is 0.727. The molecular formula is C11H16O3. The third kappa shape index (κ3) is 2.50. The lowest BCUT2D eigenvalue weighted by Crippen LogP contribution is -2.34. The highest BCUT2D eigenvalue weighted by Crippen LogP contribution is 2.26. The van der Waals surface area contributed by atoms with E-state index in [0.717, 1.165) is 0 Å². The van der Waals surface area contributed by atoms with Crippen LogP contribution in [0, 0.1) is 11.8 Å². The van der Waals surface area contributed by atoms with Crippen molar-refractivity contribution in [2.24, 2.45) is 11.8 Å². The highest BCUT2D eigenvalue weighted by atomic mass is 16.2. The van der Waals surface area contributed by atoms with E-state index in [0.29, 0.717) is 25.7 Å². The molecule has 1 aliphatic rings. The minimum absolute atomic E-state index is 0.0231. The number of carbonyl (C=O) groups is 3. The fourth-order valence-corrected chi connectivity index (χ4v) is 2.13. The van der Waals surface area contributed by atoms with Crippen molar-refractivity contribution < 1.29 is 14.4 Å². The molecule has 0 bridgehead atoms. The summed E-state index contributed by atoms with van der Waals surface area (Å²) in [6.07, 6.45) is 2.01. The lowest BCUT2D eigenvalue weighted by atomic mass is 9.77. The summed E-state index contributed by atoms with van der Waals surface area (Å²) in [5, 5.41) is 0. The van der Waals surface area contributed by atoms with Crippen molar-refractivity contribution in [3.05, 3.63) is 0 Å². The minimum Gasteiger partial charge on any atom is -0.300 e. The zero-order valence-electron chi connectivity index (χ0n) is 8.71. The third-order valence-electron chi connectivity index (χ3n) is 2.72. The summed E-state index contributed by atoms with van der Waals surface area (Å²) in [6.45, 7) is 3.31. The largest absolute Gasteiger partial charge is 0.300 e. The number of hydrogen-bond donors (Lipinski definition) is 0. The Labute approximate surface area is 83.9 Å². The Balaban J connectivity index is 2.67. The van der Waals surface area contributed by atoms with Crippen LogP contribution in [0.1, 0.15) is 39.5 Å². The summed E-state index contributed by atoms with van der Waals surface area (Å²) >= 11 is 0. The lowest BCUT2D eigenvalue weighted by molar-refractivity contribution is -0.137. The second-order valence-corrected chi connectivity index (χ2v) is 4.15. The van der Waals surface area contributed by atoms with E-state index < -0.39 is 5.92 Å². The molecule has 0 N–H and O–H groups in total. The summed E-state index contributed by atoms with van der Waals surface area (Å²) < 4.78 is 0. The van der Waals surface area contributed by atoms with E-state index in [1.807, 2.05) is 6.92 Å². The Morgan fingerprint density at radius 1 is 1.36 bits per heavy atom. The molecule has 1 atom stereocenters. The molecule has 1 saturated carbocycles. The van der Waals surface area contributed by atoms with Crippen LogP contribution >= 0.6 is 0 Å². The minimum atomic E-state index is -0.507. The van der Waals surface area contributed by atoms with Crippen molar-refractivity contribution in [2.75, 3.05) is 0 Å². The van der Waals surface area contributed by atoms with Gasteiger partial charge >= 0.3 is 0 Å². The first-order valence-electron chi connectivity index (χ1n) is 5.07. The van der Waals surface area contributed by atoms with Crippen molar-refractivity contribution in [1.82, 2.24) is 0 Å². The molecule has 1 fully saturated rings. The first-order valence-corrected chi connectivity index (χ1v) is 5.07. The van der Waals surface area contributed by atoms with E-state index in [-0.39, 0.29) is 23.3 Å². The van der Waals surface area contributed by atoms with E-state index in [2.05, 4.69) is 0 Å². The Bertz CT molecular complexity index is 252. The zero-order chi connectivity index (χ0) is 10.7. The molecule has 78 valence electrons. The van der Waals surface area contributed by atoms with Crippen molar-refractivity contribution in [1.29, 1.82) is 0 Å². The number of Topliss-reactive ketones (excluding diaryl/α,β-unsaturated/α-hetero) is 3. The molecule has 3 nitrogen and oxygen atoms in total. The first kappa shape index (κ1) is 11.1. The number of hydrogen-bond acceptors (Lipinski definition) is 3. The predicted octanol–water partition coefficient (Wildman–Crippen LogP) is 1.54. The van der Waals surface area contributed by atoms with E-state index in [1.54, 1.807) is 0 Å². The molecule has 14 heavy (non-hydrogen) atoms. The van der Waals surface area contributed by atoms with Gasteiger partial charge in [-0.2, -0.15) is 0 Å². The second kappa shape index (κ2) is 4.49. The standard InChI is InChI=1S/C11H16O3/c1-7(6-8(2)12)11-9(13)4-3-5-10(11)14/h7,11H,3-6H2,1-2H3. The quantitative estimate of drug-likeness (QED) is 0.643. The molecule has 0 aromatic carbocycles. The fourth-order valence-electron chi connectivity index (χ4n) is 2.13. The van der Waals surface area contributed by atoms with Crippen LogP contribution in [-0.4, -0.2) is 17.3 Å². The van der Waals surface area contributed by atoms with E-state index in [1.165, 1.54) is 6.92 Å². The predicted molar refractivity (Wildman–Crippen MR) is 51.8 cm³/mol. The maximum Gasteiger partial charge on any atom is 0.143 e. The van der Waals surface area contributed by atoms with Crippen LogP contribution in [0.15, 0.2) is 0 Å². The molecule has 0 radical (unpaired) electrons. The van der Waals surface area contributed by atoms with Crippen LogP contribution in [0.3, 0.4) is 0 Å². The Morgan fingerprint density at radius 3 is 2.29 bits per heavy atom. The van der Waals surface area contributed by atoms with Gasteiger partial charge in [-0.1, -0.05) is 6.92 Å². The normalized spacial score (nSPS) is 21.0. The zero-order valence-corrected chi connectivity index (χ0v) is 8.71. The molecular weight excluding hydrogens is 180 g/mol. The molecule has 1 rings (SSSR count). The van der Waals surface area contributed by atoms with Gasteiger partial charge in [-0.15, -0.1) is 0 Å². The summed E-state index contributed by atoms with van der Waals surface area (Å²) in [4.78, 5) is 33.9. The molecule has 3 heteroatoms. The average Bonchev–Trinajstić information content (AvgIpc) is 2.01. The molecule has 0 saturated heterocycles. The molecule has 0 amide bonds. The second-order valence-electron chi connectivity index (χ2n) is 4.15. The first-order chi connectivity index (χ1) is 6.52. The maximum absolute atomic E-state index is 11.5. The smallest absolute Gasteiger partial charge is 0.143 e. The van der Waals surface area contributed by atoms with Gasteiger partial charge in [0.1, 0.15) is 17.3 Å². The van der Waals surface area contributed by atoms with E-state index >= 15 is 0 Å². The third-order valence-corrected chi connectivity index (χ3v) is 2.72. The van der Waals surface area contributed by atoms with Gasteiger partial charge in [0.2, 0.25) is 0 Å². The monoisotopic (exact) mass is 196 g/mol. The number of ketones is 3. The van der Waals surface area contributed by atoms with Gasteiger partial charge in [-0.3, -0.25) is 9.59 Å². The molecule has 0 aromatic rings. The van der Waals surface area contributed by atoms with Crippen molar-refractivity contribution in [3.63, 3.8) is 0 Å². The summed E-state index contributed by atoms with van der Waals surface area (Å²) in [7, 11) is 0. The Morgan fingerprint density at radius 2 is 1.86 bits per heavy atom. The van der Waals surface area contributed by atoms with Gasteiger partial charge in [0.15, 0.2) is 0 Å². The van der Waals surface area contributed by atoms with Gasteiger partial charge in [0.05, 0.1) is 5.92 Å². The highest BCUT2D eigenvalue weighted by molar-refractivity contribution is 6.04. The SMILES string of the molecule is CC(=O)CC(C)C1C(=O)CCCC1=O. The summed E-state index contributed by atoms with van der Waals surface area (Å²) in [5.74, 6) is -0.533. The van der Waals surface area contributed by atoms with Gasteiger partial charge in [-0.25, -0.2) is 0 Å². The van der Waals surface area contributed by atoms with Gasteiger partial charge < -0.3 is 4.79 Å². The molecule has 0 aromatic heterocycles. The van der Waals surface area contributed by atoms with Crippen LogP contribution in [-0.2, 0) is 14.4 Å². The number of rotatable bonds is 3. The van der Waals surface area contributed by atoms with Crippen LogP contribution in [0.25, 0.3) is 0 Å². The molecule has 1 aliphatic carbocycles. The lowest BCUT2D eigenvalue weighted by Gasteiger charge is -2.24. The average molecular weight is 196 g/mol. The van der Waals surface area contributed by atoms with Gasteiger partial charge in [0.25, 0.3) is 0 Å². The highest BCUT2D eigenvalue weighted by Gasteiger charge is 2.34. The molecule has 1 unspecified atom stereocenters. The van der Waals surface area contributed by atoms with Crippen LogP contribution in [0.5, 0.6) is 0 Å². The molecule has 0 spiro atoms. The van der Waals surface area contributed by atoms with Crippen LogP contribution < -0.4 is 0 Å². The van der Waals surface area contributed by atoms with Crippen LogP contribution in [0.2, 0.25) is 0 Å². The summed E-state index contributed by atoms with van der Waals surface area (Å²) in [6, 6.07) is 0. The number of carbonyl (C=O) groups excluding carboxylic acids is 3. The summed E-state index contributed by atoms with van der Waals surface area (Å²) in [5.41, 5.74) is 0. The van der Waals surface area contributed by atoms with Gasteiger partial charge in [0, 0.05) is 19.3 Å². The molecule has 0 aliphatic heterocycles.